The molecule has 194 valence electrons. The van der Waals surface area contributed by atoms with Crippen LogP contribution >= 0.6 is 31.9 Å². The van der Waals surface area contributed by atoms with Crippen molar-refractivity contribution in [2.75, 3.05) is 6.54 Å². The molecule has 2 atom stereocenters. The quantitative estimate of drug-likeness (QED) is 0.265. The number of nitrogens with one attached hydrogen (secondary N) is 1. The molecule has 1 saturated heterocycles. The predicted octanol–water partition coefficient (Wildman–Crippen LogP) is 5.28. The number of hydrogen-bond acceptors (Lipinski definition) is 5. The Hall–Kier alpha value is -2.88. The lowest BCUT2D eigenvalue weighted by molar-refractivity contribution is -0.150. The molecule has 0 aromatic heterocycles. The first-order valence-corrected chi connectivity index (χ1v) is 13.7. The topological polar surface area (TPSA) is 105 Å². The molecular weight excluding hydrogens is 602 g/mol. The van der Waals surface area contributed by atoms with Gasteiger partial charge in [0.25, 0.3) is 0 Å². The SMILES string of the molecule is NCCCC[C@H]1C(=O)N[C@@H](Cc2cc(Br)c(O)c(Br)c2)C(=O)N1Cc1ccc(Oc2ccccc2)cc1. The summed E-state index contributed by atoms with van der Waals surface area (Å²) in [7, 11) is 0. The van der Waals surface area contributed by atoms with E-state index < -0.39 is 12.1 Å². The summed E-state index contributed by atoms with van der Waals surface area (Å²) in [5, 5.41) is 12.9. The van der Waals surface area contributed by atoms with Crippen LogP contribution in [0.4, 0.5) is 0 Å². The van der Waals surface area contributed by atoms with Crippen molar-refractivity contribution in [3.63, 3.8) is 0 Å². The summed E-state index contributed by atoms with van der Waals surface area (Å²) < 4.78 is 6.91. The smallest absolute Gasteiger partial charge is 0.246 e. The van der Waals surface area contributed by atoms with Crippen LogP contribution in [-0.4, -0.2) is 40.4 Å². The fourth-order valence-corrected chi connectivity index (χ4v) is 5.66. The van der Waals surface area contributed by atoms with E-state index in [1.165, 1.54) is 0 Å². The zero-order chi connectivity index (χ0) is 26.4. The maximum atomic E-state index is 13.7. The van der Waals surface area contributed by atoms with E-state index in [0.29, 0.717) is 40.6 Å². The second-order valence-electron chi connectivity index (χ2n) is 9.00. The molecule has 3 aromatic carbocycles. The molecule has 0 radical (unpaired) electrons. The van der Waals surface area contributed by atoms with Crippen LogP contribution in [0.15, 0.2) is 75.7 Å². The summed E-state index contributed by atoms with van der Waals surface area (Å²) in [4.78, 5) is 28.5. The van der Waals surface area contributed by atoms with Crippen molar-refractivity contribution in [2.45, 2.75) is 44.3 Å². The van der Waals surface area contributed by atoms with Crippen LogP contribution in [0.25, 0.3) is 0 Å². The minimum absolute atomic E-state index is 0.0871. The zero-order valence-electron chi connectivity index (χ0n) is 20.2. The van der Waals surface area contributed by atoms with Crippen molar-refractivity contribution < 1.29 is 19.4 Å². The Morgan fingerprint density at radius 1 is 0.919 bits per heavy atom. The standard InChI is InChI=1S/C28H29Br2N3O4/c29-22-14-19(15-23(30)26(22)34)16-24-28(36)33(25(27(35)32-24)8-4-5-13-31)17-18-9-11-21(12-10-18)37-20-6-2-1-3-7-20/h1-3,6-7,9-12,14-15,24-25,34H,4-5,8,13,16-17,31H2,(H,32,35)/t24-,25-/m0/s1. The van der Waals surface area contributed by atoms with Crippen molar-refractivity contribution >= 4 is 43.7 Å². The molecule has 0 spiro atoms. The molecule has 0 aliphatic carbocycles. The number of phenolic OH excluding ortho intramolecular Hbond substituents is 1. The monoisotopic (exact) mass is 629 g/mol. The number of benzene rings is 3. The van der Waals surface area contributed by atoms with Crippen LogP contribution < -0.4 is 15.8 Å². The number of amides is 2. The molecule has 1 fully saturated rings. The molecule has 9 heteroatoms. The number of halogens is 2. The Morgan fingerprint density at radius 2 is 1.57 bits per heavy atom. The lowest BCUT2D eigenvalue weighted by Gasteiger charge is -2.39. The third kappa shape index (κ3) is 6.91. The van der Waals surface area contributed by atoms with Gasteiger partial charge in [0.05, 0.1) is 8.95 Å². The third-order valence-corrected chi connectivity index (χ3v) is 7.49. The van der Waals surface area contributed by atoms with E-state index in [4.69, 9.17) is 10.5 Å². The molecule has 7 nitrogen and oxygen atoms in total. The molecule has 1 aliphatic rings. The second kappa shape index (κ2) is 12.6. The molecule has 2 amide bonds. The number of ether oxygens (including phenoxy) is 1. The summed E-state index contributed by atoms with van der Waals surface area (Å²) in [5.74, 6) is 1.22. The lowest BCUT2D eigenvalue weighted by atomic mass is 9.97. The van der Waals surface area contributed by atoms with Gasteiger partial charge in [-0.2, -0.15) is 0 Å². The normalized spacial score (nSPS) is 17.5. The Labute approximate surface area is 233 Å². The van der Waals surface area contributed by atoms with E-state index in [9.17, 15) is 14.7 Å². The summed E-state index contributed by atoms with van der Waals surface area (Å²) in [5.41, 5.74) is 7.37. The van der Waals surface area contributed by atoms with Gasteiger partial charge in [0.2, 0.25) is 11.8 Å². The molecule has 0 bridgehead atoms. The Morgan fingerprint density at radius 3 is 2.22 bits per heavy atom. The first kappa shape index (κ1) is 27.2. The highest BCUT2D eigenvalue weighted by atomic mass is 79.9. The number of hydrogen-bond donors (Lipinski definition) is 3. The fraction of sp³-hybridized carbons (Fsp3) is 0.286. The number of carbonyl (C=O) groups excluding carboxylic acids is 2. The van der Waals surface area contributed by atoms with Gasteiger partial charge in [-0.1, -0.05) is 30.3 Å². The Kier molecular flexibility index (Phi) is 9.23. The predicted molar refractivity (Wildman–Crippen MR) is 149 cm³/mol. The van der Waals surface area contributed by atoms with Gasteiger partial charge in [-0.05, 0) is 105 Å². The minimum Gasteiger partial charge on any atom is -0.506 e. The highest BCUT2D eigenvalue weighted by Crippen LogP contribution is 2.34. The minimum atomic E-state index is -0.706. The summed E-state index contributed by atoms with van der Waals surface area (Å²) in [6.07, 6.45) is 2.39. The first-order valence-electron chi connectivity index (χ1n) is 12.2. The molecule has 3 aromatic rings. The number of rotatable bonds is 10. The van der Waals surface area contributed by atoms with Crippen molar-refractivity contribution in [3.8, 4) is 17.2 Å². The van der Waals surface area contributed by atoms with Crippen molar-refractivity contribution in [3.05, 3.63) is 86.8 Å². The van der Waals surface area contributed by atoms with Gasteiger partial charge < -0.3 is 25.8 Å². The average Bonchev–Trinajstić information content (AvgIpc) is 2.89. The van der Waals surface area contributed by atoms with E-state index in [1.54, 1.807) is 17.0 Å². The molecule has 0 unspecified atom stereocenters. The zero-order valence-corrected chi connectivity index (χ0v) is 23.4. The molecule has 37 heavy (non-hydrogen) atoms. The number of nitrogens with zero attached hydrogens (tertiary/aromatic N) is 1. The van der Waals surface area contributed by atoms with E-state index in [1.807, 2.05) is 54.6 Å². The molecule has 4 N–H and O–H groups in total. The molecule has 4 rings (SSSR count). The fourth-order valence-electron chi connectivity index (χ4n) is 4.38. The van der Waals surface area contributed by atoms with Crippen LogP contribution in [0.3, 0.4) is 0 Å². The number of para-hydroxylation sites is 1. The van der Waals surface area contributed by atoms with E-state index in [2.05, 4.69) is 37.2 Å². The molecule has 1 heterocycles. The van der Waals surface area contributed by atoms with Gasteiger partial charge in [0.15, 0.2) is 0 Å². The van der Waals surface area contributed by atoms with E-state index >= 15 is 0 Å². The highest BCUT2D eigenvalue weighted by molar-refractivity contribution is 9.11. The first-order chi connectivity index (χ1) is 17.9. The van der Waals surface area contributed by atoms with Gasteiger partial charge in [-0.25, -0.2) is 0 Å². The number of nitrogens with two attached hydrogens (primary N) is 1. The van der Waals surface area contributed by atoms with E-state index in [0.717, 1.165) is 29.7 Å². The number of carbonyl (C=O) groups is 2. The second-order valence-corrected chi connectivity index (χ2v) is 10.7. The Balaban J connectivity index is 1.52. The van der Waals surface area contributed by atoms with Gasteiger partial charge >= 0.3 is 0 Å². The van der Waals surface area contributed by atoms with Crippen molar-refractivity contribution in [1.82, 2.24) is 10.2 Å². The van der Waals surface area contributed by atoms with Crippen LogP contribution in [0.5, 0.6) is 17.2 Å². The van der Waals surface area contributed by atoms with Gasteiger partial charge in [0, 0.05) is 13.0 Å². The van der Waals surface area contributed by atoms with Gasteiger partial charge in [0.1, 0.15) is 29.3 Å². The maximum Gasteiger partial charge on any atom is 0.246 e. The number of unbranched alkanes of at least 4 members (excludes halogenated alkanes) is 1. The molecular formula is C28H29Br2N3O4. The maximum absolute atomic E-state index is 13.7. The lowest BCUT2D eigenvalue weighted by Crippen LogP contribution is -2.63. The summed E-state index contributed by atoms with van der Waals surface area (Å²) in [6.45, 7) is 0.850. The number of aromatic hydroxyl groups is 1. The number of piperazine rings is 1. The van der Waals surface area contributed by atoms with Gasteiger partial charge in [-0.3, -0.25) is 9.59 Å². The molecule has 0 saturated carbocycles. The largest absolute Gasteiger partial charge is 0.506 e. The highest BCUT2D eigenvalue weighted by Gasteiger charge is 2.40. The summed E-state index contributed by atoms with van der Waals surface area (Å²) in [6, 6.07) is 19.3. The van der Waals surface area contributed by atoms with Crippen LogP contribution in [0.1, 0.15) is 30.4 Å². The van der Waals surface area contributed by atoms with Crippen LogP contribution in [-0.2, 0) is 22.6 Å². The van der Waals surface area contributed by atoms with Crippen molar-refractivity contribution in [2.24, 2.45) is 5.73 Å². The summed E-state index contributed by atoms with van der Waals surface area (Å²) >= 11 is 6.67. The van der Waals surface area contributed by atoms with Crippen LogP contribution in [0, 0.1) is 0 Å². The van der Waals surface area contributed by atoms with E-state index in [-0.39, 0.29) is 17.6 Å². The Bertz CT molecular complexity index is 1210. The van der Waals surface area contributed by atoms with Crippen molar-refractivity contribution in [1.29, 1.82) is 0 Å². The number of phenols is 1. The van der Waals surface area contributed by atoms with Gasteiger partial charge in [-0.15, -0.1) is 0 Å². The van der Waals surface area contributed by atoms with Crippen LogP contribution in [0.2, 0.25) is 0 Å². The average molecular weight is 631 g/mol. The molecule has 1 aliphatic heterocycles. The third-order valence-electron chi connectivity index (χ3n) is 6.28.